The summed E-state index contributed by atoms with van der Waals surface area (Å²) in [4.78, 5) is 16.3. The SMILES string of the molecule is C[C@@H]1C[C@@H](CO)N(Cc2ccccc2)C1.C[C@@H]1C[C@H]2CO[C@H](c3ccccc3)N2C1=O. The van der Waals surface area contributed by atoms with Gasteiger partial charge in [0.05, 0.1) is 19.3 Å². The lowest BCUT2D eigenvalue weighted by atomic mass is 10.1. The van der Waals surface area contributed by atoms with Gasteiger partial charge >= 0.3 is 0 Å². The van der Waals surface area contributed by atoms with Crippen molar-refractivity contribution in [2.75, 3.05) is 19.8 Å². The fraction of sp³-hybridized carbons (Fsp3) is 0.500. The second-order valence-electron chi connectivity index (χ2n) is 9.22. The quantitative estimate of drug-likeness (QED) is 0.813. The molecule has 3 fully saturated rings. The van der Waals surface area contributed by atoms with Crippen molar-refractivity contribution in [3.8, 4) is 0 Å². The fourth-order valence-corrected chi connectivity index (χ4v) is 5.11. The minimum atomic E-state index is -0.163. The Hall–Kier alpha value is -2.21. The van der Waals surface area contributed by atoms with Gasteiger partial charge in [0.25, 0.3) is 0 Å². The highest BCUT2D eigenvalue weighted by Crippen LogP contribution is 2.39. The van der Waals surface area contributed by atoms with Gasteiger partial charge in [-0.25, -0.2) is 0 Å². The minimum Gasteiger partial charge on any atom is -0.395 e. The van der Waals surface area contributed by atoms with E-state index in [1.54, 1.807) is 0 Å². The molecule has 0 radical (unpaired) electrons. The summed E-state index contributed by atoms with van der Waals surface area (Å²) in [5, 5.41) is 9.29. The average molecular weight is 423 g/mol. The average Bonchev–Trinajstić information content (AvgIpc) is 3.45. The standard InChI is InChI=1S/C13H15NO2.C13H19NO/c1-9-7-11-8-16-13(14(11)12(9)15)10-5-3-2-4-6-10;1-11-7-13(10-15)14(8-11)9-12-5-3-2-4-6-12/h2-6,9,11,13H,7-8H2,1H3;2-6,11,13,15H,7-10H2,1H3/t9-,11+,13-;11-,13+/m11/s1. The molecule has 31 heavy (non-hydrogen) atoms. The number of aliphatic hydroxyl groups excluding tert-OH is 1. The van der Waals surface area contributed by atoms with Crippen molar-refractivity contribution in [2.45, 2.75) is 51.5 Å². The highest BCUT2D eigenvalue weighted by Gasteiger charge is 2.46. The fourth-order valence-electron chi connectivity index (χ4n) is 5.11. The van der Waals surface area contributed by atoms with E-state index >= 15 is 0 Å². The molecular formula is C26H34N2O3. The van der Waals surface area contributed by atoms with Gasteiger partial charge in [-0.2, -0.15) is 0 Å². The molecule has 0 aliphatic carbocycles. The monoisotopic (exact) mass is 422 g/mol. The Labute approximate surface area is 185 Å². The third-order valence-corrected chi connectivity index (χ3v) is 6.66. The highest BCUT2D eigenvalue weighted by molar-refractivity contribution is 5.81. The van der Waals surface area contributed by atoms with Crippen molar-refractivity contribution in [1.82, 2.24) is 9.80 Å². The van der Waals surface area contributed by atoms with Crippen LogP contribution in [0.25, 0.3) is 0 Å². The molecule has 2 aromatic carbocycles. The van der Waals surface area contributed by atoms with E-state index in [9.17, 15) is 9.90 Å². The van der Waals surface area contributed by atoms with Gasteiger partial charge in [0.1, 0.15) is 0 Å². The number of fused-ring (bicyclic) bond motifs is 1. The van der Waals surface area contributed by atoms with Crippen LogP contribution in [-0.2, 0) is 16.1 Å². The first-order valence-electron chi connectivity index (χ1n) is 11.4. The Morgan fingerprint density at radius 3 is 2.35 bits per heavy atom. The lowest BCUT2D eigenvalue weighted by Crippen LogP contribution is -2.31. The number of hydrogen-bond acceptors (Lipinski definition) is 4. The largest absolute Gasteiger partial charge is 0.395 e. The van der Waals surface area contributed by atoms with Gasteiger partial charge in [-0.05, 0) is 24.3 Å². The number of likely N-dealkylation sites (tertiary alicyclic amines) is 1. The van der Waals surface area contributed by atoms with Gasteiger partial charge in [-0.15, -0.1) is 0 Å². The Morgan fingerprint density at radius 2 is 1.68 bits per heavy atom. The number of amides is 1. The molecule has 5 atom stereocenters. The van der Waals surface area contributed by atoms with E-state index in [0.29, 0.717) is 18.6 Å². The molecular weight excluding hydrogens is 388 g/mol. The maximum absolute atomic E-state index is 12.0. The van der Waals surface area contributed by atoms with Gasteiger partial charge in [0.15, 0.2) is 6.23 Å². The zero-order valence-electron chi connectivity index (χ0n) is 18.6. The predicted molar refractivity (Wildman–Crippen MR) is 121 cm³/mol. The lowest BCUT2D eigenvalue weighted by Gasteiger charge is -2.22. The highest BCUT2D eigenvalue weighted by atomic mass is 16.5. The van der Waals surface area contributed by atoms with Crippen LogP contribution >= 0.6 is 0 Å². The van der Waals surface area contributed by atoms with Gasteiger partial charge < -0.3 is 14.7 Å². The summed E-state index contributed by atoms with van der Waals surface area (Å²) < 4.78 is 5.73. The van der Waals surface area contributed by atoms with E-state index in [4.69, 9.17) is 4.74 Å². The first-order chi connectivity index (χ1) is 15.1. The van der Waals surface area contributed by atoms with Crippen LogP contribution in [0.2, 0.25) is 0 Å². The van der Waals surface area contributed by atoms with Crippen LogP contribution in [0, 0.1) is 11.8 Å². The molecule has 0 unspecified atom stereocenters. The first kappa shape index (κ1) is 22.0. The molecule has 2 aromatic rings. The summed E-state index contributed by atoms with van der Waals surface area (Å²) in [6, 6.07) is 21.1. The number of ether oxygens (including phenoxy) is 1. The summed E-state index contributed by atoms with van der Waals surface area (Å²) in [5.41, 5.74) is 2.41. The van der Waals surface area contributed by atoms with Crippen molar-refractivity contribution >= 4 is 5.91 Å². The number of nitrogens with zero attached hydrogens (tertiary/aromatic N) is 2. The van der Waals surface area contributed by atoms with Crippen LogP contribution in [-0.4, -0.2) is 52.7 Å². The number of carbonyl (C=O) groups excluding carboxylic acids is 1. The number of rotatable bonds is 4. The third kappa shape index (κ3) is 5.00. The third-order valence-electron chi connectivity index (χ3n) is 6.66. The van der Waals surface area contributed by atoms with Crippen LogP contribution in [0.5, 0.6) is 0 Å². The van der Waals surface area contributed by atoms with E-state index in [1.165, 1.54) is 5.56 Å². The zero-order valence-corrected chi connectivity index (χ0v) is 18.6. The number of aliphatic hydroxyl groups is 1. The Balaban J connectivity index is 0.000000150. The van der Waals surface area contributed by atoms with Crippen LogP contribution in [0.1, 0.15) is 44.0 Å². The summed E-state index contributed by atoms with van der Waals surface area (Å²) in [5.74, 6) is 1.10. The summed E-state index contributed by atoms with van der Waals surface area (Å²) >= 11 is 0. The lowest BCUT2D eigenvalue weighted by molar-refractivity contribution is -0.136. The summed E-state index contributed by atoms with van der Waals surface area (Å²) in [6.45, 7) is 7.31. The molecule has 3 saturated heterocycles. The van der Waals surface area contributed by atoms with E-state index in [1.807, 2.05) is 48.2 Å². The van der Waals surface area contributed by atoms with Crippen molar-refractivity contribution in [3.63, 3.8) is 0 Å². The molecule has 0 spiro atoms. The first-order valence-corrected chi connectivity index (χ1v) is 11.4. The minimum absolute atomic E-state index is 0.153. The van der Waals surface area contributed by atoms with Crippen LogP contribution in [0.15, 0.2) is 60.7 Å². The number of hydrogen-bond donors (Lipinski definition) is 1. The molecule has 1 N–H and O–H groups in total. The Kier molecular flexibility index (Phi) is 7.06. The molecule has 5 heteroatoms. The van der Waals surface area contributed by atoms with Crippen LogP contribution in [0.3, 0.4) is 0 Å². The van der Waals surface area contributed by atoms with Crippen molar-refractivity contribution < 1.29 is 14.6 Å². The molecule has 1 amide bonds. The summed E-state index contributed by atoms with van der Waals surface area (Å²) in [6.07, 6.45) is 1.90. The topological polar surface area (TPSA) is 53.0 Å². The molecule has 5 nitrogen and oxygen atoms in total. The predicted octanol–water partition coefficient (Wildman–Crippen LogP) is 3.84. The maximum Gasteiger partial charge on any atom is 0.228 e. The van der Waals surface area contributed by atoms with E-state index in [-0.39, 0.29) is 30.7 Å². The molecule has 0 saturated carbocycles. The number of carbonyl (C=O) groups is 1. The number of benzene rings is 2. The smallest absolute Gasteiger partial charge is 0.228 e. The normalized spacial score (nSPS) is 30.2. The molecule has 0 aromatic heterocycles. The van der Waals surface area contributed by atoms with E-state index < -0.39 is 0 Å². The van der Waals surface area contributed by atoms with Gasteiger partial charge in [-0.1, -0.05) is 74.5 Å². The van der Waals surface area contributed by atoms with Gasteiger partial charge in [-0.3, -0.25) is 9.69 Å². The van der Waals surface area contributed by atoms with Gasteiger partial charge in [0, 0.05) is 30.6 Å². The zero-order chi connectivity index (χ0) is 21.8. The molecule has 166 valence electrons. The van der Waals surface area contributed by atoms with E-state index in [2.05, 4.69) is 36.1 Å². The Morgan fingerprint density at radius 1 is 1.00 bits per heavy atom. The molecule has 3 heterocycles. The van der Waals surface area contributed by atoms with Crippen LogP contribution in [0.4, 0.5) is 0 Å². The summed E-state index contributed by atoms with van der Waals surface area (Å²) in [7, 11) is 0. The molecule has 3 aliphatic heterocycles. The van der Waals surface area contributed by atoms with E-state index in [0.717, 1.165) is 31.5 Å². The maximum atomic E-state index is 12.0. The van der Waals surface area contributed by atoms with Crippen molar-refractivity contribution in [1.29, 1.82) is 0 Å². The van der Waals surface area contributed by atoms with Crippen LogP contribution < -0.4 is 0 Å². The molecule has 0 bridgehead atoms. The van der Waals surface area contributed by atoms with Crippen molar-refractivity contribution in [2.24, 2.45) is 11.8 Å². The second kappa shape index (κ2) is 9.94. The van der Waals surface area contributed by atoms with Gasteiger partial charge in [0.2, 0.25) is 5.91 Å². The Bertz CT molecular complexity index is 844. The molecule has 5 rings (SSSR count). The second-order valence-corrected chi connectivity index (χ2v) is 9.22. The molecule has 3 aliphatic rings. The van der Waals surface area contributed by atoms with Crippen molar-refractivity contribution in [3.05, 3.63) is 71.8 Å².